The Labute approximate surface area is 93.5 Å². The summed E-state index contributed by atoms with van der Waals surface area (Å²) in [5.41, 5.74) is 0. The molecule has 0 heterocycles. The molecule has 90 valence electrons. The van der Waals surface area contributed by atoms with E-state index in [4.69, 9.17) is 9.47 Å². The van der Waals surface area contributed by atoms with Gasteiger partial charge in [0.25, 0.3) is 0 Å². The Bertz CT molecular complexity index is 164. The van der Waals surface area contributed by atoms with Gasteiger partial charge in [0.15, 0.2) is 0 Å². The summed E-state index contributed by atoms with van der Waals surface area (Å²) in [6.07, 6.45) is 5.80. The Morgan fingerprint density at radius 3 is 2.73 bits per heavy atom. The fourth-order valence-corrected chi connectivity index (χ4v) is 2.16. The highest BCUT2D eigenvalue weighted by Crippen LogP contribution is 2.23. The highest BCUT2D eigenvalue weighted by atomic mass is 16.5. The largest absolute Gasteiger partial charge is 0.381 e. The molecule has 0 radical (unpaired) electrons. The molecule has 3 atom stereocenters. The fraction of sp³-hybridized carbons (Fsp3) is 1.00. The molecule has 0 aromatic rings. The Balaban J connectivity index is 2.19. The maximum atomic E-state index is 5.98. The molecule has 1 aliphatic rings. The molecule has 3 nitrogen and oxygen atoms in total. The maximum Gasteiger partial charge on any atom is 0.0675 e. The smallest absolute Gasteiger partial charge is 0.0675 e. The van der Waals surface area contributed by atoms with E-state index in [9.17, 15) is 0 Å². The molecule has 0 aliphatic heterocycles. The predicted octanol–water partition coefficient (Wildman–Crippen LogP) is 1.96. The van der Waals surface area contributed by atoms with Crippen molar-refractivity contribution in [1.82, 2.24) is 5.32 Å². The Hall–Kier alpha value is -0.120. The van der Waals surface area contributed by atoms with Crippen LogP contribution in [0.15, 0.2) is 0 Å². The van der Waals surface area contributed by atoms with Gasteiger partial charge in [-0.15, -0.1) is 0 Å². The monoisotopic (exact) mass is 215 g/mol. The average Bonchev–Trinajstić information content (AvgIpc) is 2.26. The van der Waals surface area contributed by atoms with Gasteiger partial charge >= 0.3 is 0 Å². The van der Waals surface area contributed by atoms with Crippen LogP contribution in [0.1, 0.15) is 39.5 Å². The van der Waals surface area contributed by atoms with Gasteiger partial charge in [-0.05, 0) is 39.2 Å². The minimum Gasteiger partial charge on any atom is -0.381 e. The average molecular weight is 215 g/mol. The molecular formula is C12H25NO2. The van der Waals surface area contributed by atoms with Crippen LogP contribution in [-0.4, -0.2) is 38.5 Å². The van der Waals surface area contributed by atoms with E-state index in [-0.39, 0.29) is 0 Å². The van der Waals surface area contributed by atoms with Gasteiger partial charge < -0.3 is 14.8 Å². The van der Waals surface area contributed by atoms with E-state index < -0.39 is 0 Å². The van der Waals surface area contributed by atoms with Crippen LogP contribution in [0.4, 0.5) is 0 Å². The fourth-order valence-electron chi connectivity index (χ4n) is 2.16. The van der Waals surface area contributed by atoms with Crippen LogP contribution < -0.4 is 5.32 Å². The molecule has 15 heavy (non-hydrogen) atoms. The van der Waals surface area contributed by atoms with Gasteiger partial charge in [-0.3, -0.25) is 0 Å². The van der Waals surface area contributed by atoms with Gasteiger partial charge in [0.2, 0.25) is 0 Å². The predicted molar refractivity (Wildman–Crippen MR) is 62.1 cm³/mol. The molecule has 1 N–H and O–H groups in total. The lowest BCUT2D eigenvalue weighted by molar-refractivity contribution is -0.0579. The number of nitrogens with one attached hydrogen (secondary N) is 1. The van der Waals surface area contributed by atoms with Crippen molar-refractivity contribution < 1.29 is 9.47 Å². The third-order valence-corrected chi connectivity index (χ3v) is 3.02. The van der Waals surface area contributed by atoms with Crippen LogP contribution in [0.25, 0.3) is 0 Å². The van der Waals surface area contributed by atoms with Crippen LogP contribution in [0.5, 0.6) is 0 Å². The van der Waals surface area contributed by atoms with Crippen LogP contribution in [-0.2, 0) is 9.47 Å². The number of methoxy groups -OCH3 is 1. The van der Waals surface area contributed by atoms with Crippen molar-refractivity contribution in [2.75, 3.05) is 20.2 Å². The van der Waals surface area contributed by atoms with Gasteiger partial charge in [0.1, 0.15) is 0 Å². The zero-order chi connectivity index (χ0) is 11.1. The van der Waals surface area contributed by atoms with Crippen molar-refractivity contribution in [3.63, 3.8) is 0 Å². The first-order valence-electron chi connectivity index (χ1n) is 6.15. The lowest BCUT2D eigenvalue weighted by Gasteiger charge is -2.30. The van der Waals surface area contributed by atoms with Crippen molar-refractivity contribution in [1.29, 1.82) is 0 Å². The molecule has 0 aromatic carbocycles. The molecule has 1 rings (SSSR count). The molecule has 0 aromatic heterocycles. The van der Waals surface area contributed by atoms with Crippen LogP contribution in [0.3, 0.4) is 0 Å². The molecular weight excluding hydrogens is 190 g/mol. The molecule has 1 fully saturated rings. The van der Waals surface area contributed by atoms with E-state index in [2.05, 4.69) is 19.2 Å². The Kier molecular flexibility index (Phi) is 6.22. The van der Waals surface area contributed by atoms with Crippen molar-refractivity contribution in [2.24, 2.45) is 0 Å². The van der Waals surface area contributed by atoms with Crippen LogP contribution in [0, 0.1) is 0 Å². The normalized spacial score (nSPS) is 29.0. The van der Waals surface area contributed by atoms with Crippen molar-refractivity contribution in [3.05, 3.63) is 0 Å². The first-order chi connectivity index (χ1) is 7.26. The van der Waals surface area contributed by atoms with E-state index in [1.165, 1.54) is 19.3 Å². The summed E-state index contributed by atoms with van der Waals surface area (Å²) in [6.45, 7) is 6.22. The zero-order valence-corrected chi connectivity index (χ0v) is 10.3. The number of hydrogen-bond acceptors (Lipinski definition) is 3. The van der Waals surface area contributed by atoms with Gasteiger partial charge in [-0.25, -0.2) is 0 Å². The standard InChI is InChI=1S/C12H25NO2/c1-4-13-9-10(2)15-12-7-5-6-11(8-12)14-3/h10-13H,4-9H2,1-3H3. The molecule has 0 spiro atoms. The summed E-state index contributed by atoms with van der Waals surface area (Å²) >= 11 is 0. The Morgan fingerprint density at radius 2 is 2.07 bits per heavy atom. The molecule has 3 unspecified atom stereocenters. The third-order valence-electron chi connectivity index (χ3n) is 3.02. The van der Waals surface area contributed by atoms with Crippen molar-refractivity contribution in [2.45, 2.75) is 57.8 Å². The second kappa shape index (κ2) is 7.20. The van der Waals surface area contributed by atoms with Crippen molar-refractivity contribution in [3.8, 4) is 0 Å². The highest BCUT2D eigenvalue weighted by Gasteiger charge is 2.23. The summed E-state index contributed by atoms with van der Waals surface area (Å²) in [5, 5.41) is 3.31. The summed E-state index contributed by atoms with van der Waals surface area (Å²) in [4.78, 5) is 0. The Morgan fingerprint density at radius 1 is 1.33 bits per heavy atom. The maximum absolute atomic E-state index is 5.98. The van der Waals surface area contributed by atoms with E-state index in [0.717, 1.165) is 19.5 Å². The van der Waals surface area contributed by atoms with Crippen LogP contribution >= 0.6 is 0 Å². The summed E-state index contributed by atoms with van der Waals surface area (Å²) in [7, 11) is 1.80. The SMILES string of the molecule is CCNCC(C)OC1CCCC(OC)C1. The van der Waals surface area contributed by atoms with E-state index in [1.54, 1.807) is 7.11 Å². The van der Waals surface area contributed by atoms with Gasteiger partial charge in [-0.2, -0.15) is 0 Å². The first-order valence-corrected chi connectivity index (χ1v) is 6.15. The second-order valence-corrected chi connectivity index (χ2v) is 4.40. The minimum absolute atomic E-state index is 0.311. The molecule has 0 saturated heterocycles. The highest BCUT2D eigenvalue weighted by molar-refractivity contribution is 4.74. The van der Waals surface area contributed by atoms with Crippen LogP contribution in [0.2, 0.25) is 0 Å². The lowest BCUT2D eigenvalue weighted by Crippen LogP contribution is -2.34. The zero-order valence-electron chi connectivity index (χ0n) is 10.3. The van der Waals surface area contributed by atoms with Gasteiger partial charge in [0, 0.05) is 13.7 Å². The number of likely N-dealkylation sites (N-methyl/N-ethyl adjacent to an activating group) is 1. The molecule has 0 bridgehead atoms. The topological polar surface area (TPSA) is 30.5 Å². The number of ether oxygens (including phenoxy) is 2. The second-order valence-electron chi connectivity index (χ2n) is 4.40. The summed E-state index contributed by atoms with van der Waals surface area (Å²) < 4.78 is 11.4. The summed E-state index contributed by atoms with van der Waals surface area (Å²) in [5.74, 6) is 0. The summed E-state index contributed by atoms with van der Waals surface area (Å²) in [6, 6.07) is 0. The lowest BCUT2D eigenvalue weighted by atomic mass is 9.95. The van der Waals surface area contributed by atoms with E-state index in [1.807, 2.05) is 0 Å². The minimum atomic E-state index is 0.311. The first kappa shape index (κ1) is 12.9. The molecule has 3 heteroatoms. The number of rotatable bonds is 6. The third kappa shape index (κ3) is 4.96. The van der Waals surface area contributed by atoms with Gasteiger partial charge in [0.05, 0.1) is 18.3 Å². The van der Waals surface area contributed by atoms with Gasteiger partial charge in [-0.1, -0.05) is 6.92 Å². The molecule has 0 amide bonds. The van der Waals surface area contributed by atoms with Crippen molar-refractivity contribution >= 4 is 0 Å². The molecule has 1 saturated carbocycles. The molecule has 1 aliphatic carbocycles. The van der Waals surface area contributed by atoms with E-state index in [0.29, 0.717) is 18.3 Å². The number of hydrogen-bond donors (Lipinski definition) is 1. The quantitative estimate of drug-likeness (QED) is 0.734. The van der Waals surface area contributed by atoms with E-state index >= 15 is 0 Å².